The highest BCUT2D eigenvalue weighted by Gasteiger charge is 2.31. The van der Waals surface area contributed by atoms with Gasteiger partial charge in [-0.15, -0.1) is 11.3 Å². The van der Waals surface area contributed by atoms with E-state index in [9.17, 15) is 19.2 Å². The Kier molecular flexibility index (Phi) is 14.6. The van der Waals surface area contributed by atoms with Crippen LogP contribution in [-0.2, 0) is 22.6 Å². The lowest BCUT2D eigenvalue weighted by Gasteiger charge is -2.26. The van der Waals surface area contributed by atoms with Gasteiger partial charge in [-0.2, -0.15) is 0 Å². The van der Waals surface area contributed by atoms with Crippen LogP contribution in [0.3, 0.4) is 0 Å². The topological polar surface area (TPSA) is 192 Å². The summed E-state index contributed by atoms with van der Waals surface area (Å²) in [6, 6.07) is 10.7. The second-order valence-corrected chi connectivity index (χ2v) is 13.8. The number of urea groups is 1. The van der Waals surface area contributed by atoms with E-state index in [4.69, 9.17) is 28.9 Å². The minimum absolute atomic E-state index is 0.0338. The van der Waals surface area contributed by atoms with Crippen molar-refractivity contribution in [1.82, 2.24) is 31.6 Å². The largest absolute Gasteiger partial charge is 0.370 e. The molecular weight excluding hydrogens is 701 g/mol. The van der Waals surface area contributed by atoms with Crippen molar-refractivity contribution >= 4 is 70.3 Å². The predicted octanol–water partition coefficient (Wildman–Crippen LogP) is 3.85. The number of nitrogens with two attached hydrogens (primary N) is 1. The average molecular weight is 743 g/mol. The van der Waals surface area contributed by atoms with Gasteiger partial charge >= 0.3 is 6.03 Å². The highest BCUT2D eigenvalue weighted by molar-refractivity contribution is 7.11. The number of nitrogens with one attached hydrogen (secondary N) is 5. The number of aromatic nitrogens is 1. The first kappa shape index (κ1) is 38.3. The summed E-state index contributed by atoms with van der Waals surface area (Å²) in [5, 5.41) is 16.8. The van der Waals surface area contributed by atoms with Crippen LogP contribution >= 0.6 is 34.5 Å². The number of amides is 4. The van der Waals surface area contributed by atoms with E-state index in [1.165, 1.54) is 17.5 Å². The number of hydrogen-bond donors (Lipinski definition) is 6. The SMILES string of the molecule is CC(C)C[C@H](NC(=O)NCc1ccc(Cl)c(Cl)c1)C(=O)N[C@@H](Cc1ccccc1)C(=O)N[C@@H](CCCN=C(N)NC1C=N1)C(=O)c1nccs1. The zero-order valence-electron chi connectivity index (χ0n) is 27.7. The Balaban J connectivity index is 1.46. The van der Waals surface area contributed by atoms with E-state index in [2.05, 4.69) is 41.6 Å². The van der Waals surface area contributed by atoms with Crippen molar-refractivity contribution < 1.29 is 19.2 Å². The first-order chi connectivity index (χ1) is 24.0. The fourth-order valence-corrected chi connectivity index (χ4v) is 5.87. The van der Waals surface area contributed by atoms with Gasteiger partial charge in [0.2, 0.25) is 17.6 Å². The second kappa shape index (κ2) is 19.0. The minimum Gasteiger partial charge on any atom is -0.370 e. The van der Waals surface area contributed by atoms with E-state index >= 15 is 0 Å². The molecule has 13 nitrogen and oxygen atoms in total. The first-order valence-corrected chi connectivity index (χ1v) is 17.8. The van der Waals surface area contributed by atoms with Crippen molar-refractivity contribution in [2.24, 2.45) is 21.6 Å². The number of rotatable bonds is 18. The summed E-state index contributed by atoms with van der Waals surface area (Å²) in [5.41, 5.74) is 7.40. The molecule has 4 amide bonds. The van der Waals surface area contributed by atoms with Crippen LogP contribution in [0, 0.1) is 5.92 Å². The van der Waals surface area contributed by atoms with Crippen molar-refractivity contribution in [3.63, 3.8) is 0 Å². The molecule has 0 saturated carbocycles. The van der Waals surface area contributed by atoms with E-state index in [1.54, 1.807) is 29.8 Å². The van der Waals surface area contributed by atoms with Crippen LogP contribution in [0.15, 0.2) is 70.1 Å². The fraction of sp³-hybridized carbons (Fsp3) is 0.382. The molecule has 4 atom stereocenters. The fourth-order valence-electron chi connectivity index (χ4n) is 4.92. The summed E-state index contributed by atoms with van der Waals surface area (Å²) >= 11 is 13.3. The molecule has 0 aliphatic carbocycles. The van der Waals surface area contributed by atoms with Crippen molar-refractivity contribution in [3.05, 3.63) is 86.3 Å². The smallest absolute Gasteiger partial charge is 0.315 e. The summed E-state index contributed by atoms with van der Waals surface area (Å²) in [5.74, 6) is -1.18. The van der Waals surface area contributed by atoms with Gasteiger partial charge in [-0.05, 0) is 48.4 Å². The molecule has 0 spiro atoms. The molecule has 2 aromatic carbocycles. The van der Waals surface area contributed by atoms with Gasteiger partial charge in [0.15, 0.2) is 17.1 Å². The van der Waals surface area contributed by atoms with Crippen LogP contribution in [0.1, 0.15) is 54.0 Å². The number of benzene rings is 2. The Labute approximate surface area is 304 Å². The maximum absolute atomic E-state index is 13.9. The molecule has 4 rings (SSSR count). The Bertz CT molecular complexity index is 1670. The van der Waals surface area contributed by atoms with E-state index in [1.807, 2.05) is 44.2 Å². The predicted molar refractivity (Wildman–Crippen MR) is 197 cm³/mol. The van der Waals surface area contributed by atoms with Crippen LogP contribution in [-0.4, -0.2) is 71.6 Å². The van der Waals surface area contributed by atoms with Gasteiger partial charge in [-0.1, -0.05) is 73.4 Å². The van der Waals surface area contributed by atoms with E-state index in [0.29, 0.717) is 29.4 Å². The average Bonchev–Trinajstić information content (AvgIpc) is 3.72. The van der Waals surface area contributed by atoms with Gasteiger partial charge in [0, 0.05) is 37.3 Å². The van der Waals surface area contributed by atoms with E-state index in [0.717, 1.165) is 11.1 Å². The van der Waals surface area contributed by atoms with E-state index < -0.39 is 36.0 Å². The number of ketones is 1. The summed E-state index contributed by atoms with van der Waals surface area (Å²) in [6.45, 7) is 4.30. The lowest BCUT2D eigenvalue weighted by Crippen LogP contribution is -2.57. The zero-order chi connectivity index (χ0) is 36.0. The second-order valence-electron chi connectivity index (χ2n) is 12.1. The number of carbonyl (C=O) groups excluding carboxylic acids is 4. The van der Waals surface area contributed by atoms with Crippen LogP contribution in [0.25, 0.3) is 0 Å². The molecule has 266 valence electrons. The zero-order valence-corrected chi connectivity index (χ0v) is 30.0. The Morgan fingerprint density at radius 2 is 1.66 bits per heavy atom. The molecule has 1 unspecified atom stereocenters. The van der Waals surface area contributed by atoms with E-state index in [-0.39, 0.29) is 48.2 Å². The summed E-state index contributed by atoms with van der Waals surface area (Å²) < 4.78 is 0. The highest BCUT2D eigenvalue weighted by Crippen LogP contribution is 2.22. The van der Waals surface area contributed by atoms with Crippen LogP contribution in [0.5, 0.6) is 0 Å². The number of guanidine groups is 1. The molecule has 1 aliphatic rings. The molecule has 0 bridgehead atoms. The third kappa shape index (κ3) is 12.7. The maximum Gasteiger partial charge on any atom is 0.315 e. The minimum atomic E-state index is -1.07. The third-order valence-corrected chi connectivity index (χ3v) is 9.01. The Hall–Kier alpha value is -4.53. The lowest BCUT2D eigenvalue weighted by molar-refractivity contribution is -0.130. The molecule has 2 heterocycles. The molecular formula is C34H41Cl2N9O4S. The van der Waals surface area contributed by atoms with Gasteiger partial charge in [0.05, 0.1) is 16.1 Å². The lowest BCUT2D eigenvalue weighted by atomic mass is 10.0. The van der Waals surface area contributed by atoms with Gasteiger partial charge in [-0.3, -0.25) is 24.4 Å². The summed E-state index contributed by atoms with van der Waals surface area (Å²) in [6.07, 6.45) is 4.22. The molecule has 1 aromatic heterocycles. The summed E-state index contributed by atoms with van der Waals surface area (Å²) in [4.78, 5) is 66.4. The standard InChI is InChI=1S/C34H41Cl2N9O4S/c1-20(2)15-26(44-34(49)41-18-22-10-11-23(35)24(36)16-22)30(47)43-27(17-21-7-4-3-5-8-21)31(48)42-25(29(46)32-38-13-14-50-32)9-6-12-39-33(37)45-28-19-40-28/h3-5,7-8,10-11,13-14,16,19-20,25-28H,6,9,12,15,17-18H2,1-2H3,(H,42,48)(H,43,47)(H3,37,39,45)(H2,41,44,49)/t25-,26-,27-,28?/m0/s1. The molecule has 1 aliphatic heterocycles. The van der Waals surface area contributed by atoms with Crippen molar-refractivity contribution in [2.75, 3.05) is 6.54 Å². The number of nitrogens with zero attached hydrogens (tertiary/aromatic N) is 3. The number of Topliss-reactive ketones (excluding diaryl/α,β-unsaturated/α-hetero) is 1. The number of thiazole rings is 1. The van der Waals surface area contributed by atoms with Gasteiger partial charge < -0.3 is 32.3 Å². The molecule has 50 heavy (non-hydrogen) atoms. The monoisotopic (exact) mass is 741 g/mol. The van der Waals surface area contributed by atoms with Crippen molar-refractivity contribution in [3.8, 4) is 0 Å². The van der Waals surface area contributed by atoms with Crippen molar-refractivity contribution in [2.45, 2.75) is 70.4 Å². The molecule has 0 saturated heterocycles. The Morgan fingerprint density at radius 3 is 2.32 bits per heavy atom. The van der Waals surface area contributed by atoms with Gasteiger partial charge in [0.25, 0.3) is 0 Å². The molecule has 7 N–H and O–H groups in total. The van der Waals surface area contributed by atoms with Gasteiger partial charge in [-0.25, -0.2) is 9.78 Å². The normalized spacial score (nSPS) is 15.5. The number of aliphatic imine (C=N–C) groups is 2. The first-order valence-electron chi connectivity index (χ1n) is 16.1. The third-order valence-electron chi connectivity index (χ3n) is 7.48. The summed E-state index contributed by atoms with van der Waals surface area (Å²) in [7, 11) is 0. The van der Waals surface area contributed by atoms with Crippen LogP contribution in [0.4, 0.5) is 4.79 Å². The molecule has 0 fully saturated rings. The molecule has 16 heteroatoms. The molecule has 0 radical (unpaired) electrons. The molecule has 3 aromatic rings. The van der Waals surface area contributed by atoms with Gasteiger partial charge in [0.1, 0.15) is 12.1 Å². The number of carbonyl (C=O) groups is 4. The maximum atomic E-state index is 13.9. The Morgan fingerprint density at radius 1 is 0.940 bits per heavy atom. The highest BCUT2D eigenvalue weighted by atomic mass is 35.5. The van der Waals surface area contributed by atoms with Crippen LogP contribution in [0.2, 0.25) is 10.0 Å². The number of hydrogen-bond acceptors (Lipinski definition) is 8. The number of halogens is 2. The quantitative estimate of drug-likeness (QED) is 0.0494. The van der Waals surface area contributed by atoms with Crippen LogP contribution < -0.4 is 32.3 Å². The van der Waals surface area contributed by atoms with Crippen molar-refractivity contribution in [1.29, 1.82) is 0 Å².